The third-order valence-corrected chi connectivity index (χ3v) is 6.57. The molecule has 8 N–H and O–H groups in total. The van der Waals surface area contributed by atoms with Gasteiger partial charge < -0.3 is 64.2 Å². The van der Waals surface area contributed by atoms with E-state index in [-0.39, 0.29) is 28.4 Å². The van der Waals surface area contributed by atoms with Gasteiger partial charge in [-0.05, 0) is 30.3 Å². The number of phenolic OH excluding ortho intramolecular Hbond substituents is 6. The van der Waals surface area contributed by atoms with Crippen molar-refractivity contribution >= 4 is 16.9 Å². The van der Waals surface area contributed by atoms with Crippen LogP contribution in [0.3, 0.4) is 0 Å². The molecule has 226 valence electrons. The van der Waals surface area contributed by atoms with Crippen molar-refractivity contribution in [2.45, 2.75) is 24.6 Å². The van der Waals surface area contributed by atoms with E-state index in [1.807, 2.05) is 0 Å². The number of fused-ring (bicyclic) bond motifs is 1. The number of aromatic hydroxyl groups is 6. The Labute approximate surface area is 240 Å². The third kappa shape index (κ3) is 5.34. The standard InChI is InChI=1S/C28H24O15/c1-39-18-6-10(2-3-13(18)30)24-25(23(37)20-14(31)7-12(29)8-19(20)41-24)43-28-26(22(36)17(34)9-40-28)42-27(38)11-4-15(32)21(35)16(33)5-11/h2-8,17,22,26,28-36H,9H2,1H3. The summed E-state index contributed by atoms with van der Waals surface area (Å²) in [6, 6.07) is 7.34. The molecule has 4 aromatic rings. The highest BCUT2D eigenvalue weighted by Gasteiger charge is 2.44. The largest absolute Gasteiger partial charge is 0.508 e. The molecule has 1 aliphatic rings. The van der Waals surface area contributed by atoms with Gasteiger partial charge in [-0.15, -0.1) is 0 Å². The Kier molecular flexibility index (Phi) is 7.54. The molecule has 5 rings (SSSR count). The molecule has 3 aromatic carbocycles. The maximum Gasteiger partial charge on any atom is 0.339 e. The van der Waals surface area contributed by atoms with Crippen molar-refractivity contribution in [1.29, 1.82) is 0 Å². The van der Waals surface area contributed by atoms with Crippen molar-refractivity contribution in [2.75, 3.05) is 13.7 Å². The average Bonchev–Trinajstić information content (AvgIpc) is 2.96. The molecule has 4 atom stereocenters. The summed E-state index contributed by atoms with van der Waals surface area (Å²) >= 11 is 0. The number of methoxy groups -OCH3 is 1. The predicted molar refractivity (Wildman–Crippen MR) is 142 cm³/mol. The van der Waals surface area contributed by atoms with E-state index in [0.29, 0.717) is 0 Å². The predicted octanol–water partition coefficient (Wildman–Crippen LogP) is 1.38. The van der Waals surface area contributed by atoms with Gasteiger partial charge >= 0.3 is 5.97 Å². The molecule has 0 radical (unpaired) electrons. The summed E-state index contributed by atoms with van der Waals surface area (Å²) in [6.45, 7) is -0.541. The molecule has 2 heterocycles. The van der Waals surface area contributed by atoms with Gasteiger partial charge in [0.15, 0.2) is 40.6 Å². The Morgan fingerprint density at radius 2 is 1.60 bits per heavy atom. The number of hydrogen-bond donors (Lipinski definition) is 8. The zero-order valence-corrected chi connectivity index (χ0v) is 22.0. The second-order valence-corrected chi connectivity index (χ2v) is 9.42. The van der Waals surface area contributed by atoms with Gasteiger partial charge in [0, 0.05) is 17.7 Å². The van der Waals surface area contributed by atoms with Crippen molar-refractivity contribution in [3.63, 3.8) is 0 Å². The van der Waals surface area contributed by atoms with Gasteiger partial charge in [0.2, 0.25) is 17.5 Å². The summed E-state index contributed by atoms with van der Waals surface area (Å²) in [6.07, 6.45) is -7.05. The van der Waals surface area contributed by atoms with E-state index >= 15 is 0 Å². The Morgan fingerprint density at radius 3 is 2.28 bits per heavy atom. The number of ether oxygens (including phenoxy) is 4. The number of carbonyl (C=O) groups excluding carboxylic acids is 1. The van der Waals surface area contributed by atoms with Crippen LogP contribution in [0.5, 0.6) is 46.0 Å². The SMILES string of the molecule is COc1cc(-c2oc3cc(O)cc(O)c3c(=O)c2OC2OCC(O)C(O)C2OC(=O)c2cc(O)c(O)c(O)c2)ccc1O. The average molecular weight is 600 g/mol. The fourth-order valence-corrected chi connectivity index (χ4v) is 4.41. The summed E-state index contributed by atoms with van der Waals surface area (Å²) in [5, 5.41) is 80.0. The van der Waals surface area contributed by atoms with E-state index in [4.69, 9.17) is 23.4 Å². The van der Waals surface area contributed by atoms with Gasteiger partial charge in [0.25, 0.3) is 0 Å². The number of aliphatic hydroxyl groups is 2. The molecule has 0 bridgehead atoms. The molecule has 0 amide bonds. The molecule has 1 aliphatic heterocycles. The Morgan fingerprint density at radius 1 is 0.907 bits per heavy atom. The summed E-state index contributed by atoms with van der Waals surface area (Å²) in [5.41, 5.74) is -1.60. The lowest BCUT2D eigenvalue weighted by atomic mass is 10.0. The zero-order valence-electron chi connectivity index (χ0n) is 22.0. The van der Waals surface area contributed by atoms with Crippen molar-refractivity contribution in [1.82, 2.24) is 0 Å². The number of rotatable bonds is 6. The molecular weight excluding hydrogens is 576 g/mol. The lowest BCUT2D eigenvalue weighted by Crippen LogP contribution is -2.56. The summed E-state index contributed by atoms with van der Waals surface area (Å²) in [5.74, 6) is -6.18. The van der Waals surface area contributed by atoms with Gasteiger partial charge in [-0.25, -0.2) is 4.79 Å². The minimum atomic E-state index is -1.84. The van der Waals surface area contributed by atoms with Crippen LogP contribution in [0.1, 0.15) is 10.4 Å². The minimum absolute atomic E-state index is 0.0235. The first-order valence-corrected chi connectivity index (χ1v) is 12.4. The first-order valence-electron chi connectivity index (χ1n) is 12.4. The molecule has 0 saturated carbocycles. The van der Waals surface area contributed by atoms with E-state index in [9.17, 15) is 50.4 Å². The van der Waals surface area contributed by atoms with Gasteiger partial charge in [0.1, 0.15) is 34.7 Å². The van der Waals surface area contributed by atoms with Crippen LogP contribution in [0.25, 0.3) is 22.3 Å². The molecule has 0 spiro atoms. The van der Waals surface area contributed by atoms with Crippen LogP contribution in [0.2, 0.25) is 0 Å². The van der Waals surface area contributed by atoms with Crippen LogP contribution < -0.4 is 14.9 Å². The highest BCUT2D eigenvalue weighted by Crippen LogP contribution is 2.40. The van der Waals surface area contributed by atoms with Crippen LogP contribution in [0.15, 0.2) is 51.7 Å². The first kappa shape index (κ1) is 29.1. The zero-order chi connectivity index (χ0) is 31.2. The molecule has 1 fully saturated rings. The Bertz CT molecular complexity index is 1760. The summed E-state index contributed by atoms with van der Waals surface area (Å²) in [4.78, 5) is 26.6. The first-order chi connectivity index (χ1) is 20.4. The van der Waals surface area contributed by atoms with E-state index in [2.05, 4.69) is 0 Å². The monoisotopic (exact) mass is 600 g/mol. The van der Waals surface area contributed by atoms with E-state index in [0.717, 1.165) is 24.3 Å². The maximum atomic E-state index is 13.7. The number of hydrogen-bond acceptors (Lipinski definition) is 15. The van der Waals surface area contributed by atoms with Crippen LogP contribution in [-0.4, -0.2) is 85.1 Å². The second kappa shape index (κ2) is 11.1. The minimum Gasteiger partial charge on any atom is -0.508 e. The molecule has 4 unspecified atom stereocenters. The fourth-order valence-electron chi connectivity index (χ4n) is 4.41. The molecule has 15 nitrogen and oxygen atoms in total. The van der Waals surface area contributed by atoms with Crippen LogP contribution >= 0.6 is 0 Å². The molecule has 15 heteroatoms. The van der Waals surface area contributed by atoms with Gasteiger partial charge in [-0.1, -0.05) is 0 Å². The van der Waals surface area contributed by atoms with E-state index < -0.39 is 88.1 Å². The van der Waals surface area contributed by atoms with E-state index in [1.54, 1.807) is 0 Å². The van der Waals surface area contributed by atoms with Crippen LogP contribution in [0.4, 0.5) is 0 Å². The second-order valence-electron chi connectivity index (χ2n) is 9.42. The van der Waals surface area contributed by atoms with Gasteiger partial charge in [0.05, 0.1) is 19.3 Å². The Balaban J connectivity index is 1.61. The third-order valence-electron chi connectivity index (χ3n) is 6.57. The highest BCUT2D eigenvalue weighted by molar-refractivity contribution is 5.91. The Hall–Kier alpha value is -5.38. The lowest BCUT2D eigenvalue weighted by Gasteiger charge is -2.37. The number of esters is 1. The summed E-state index contributed by atoms with van der Waals surface area (Å²) in [7, 11) is 1.28. The molecule has 1 aromatic heterocycles. The van der Waals surface area contributed by atoms with Crippen LogP contribution in [0, 0.1) is 0 Å². The molecule has 0 aliphatic carbocycles. The van der Waals surface area contributed by atoms with E-state index in [1.165, 1.54) is 25.3 Å². The van der Waals surface area contributed by atoms with Crippen molar-refractivity contribution in [3.05, 3.63) is 58.3 Å². The van der Waals surface area contributed by atoms with Gasteiger partial charge in [-0.2, -0.15) is 0 Å². The molecular formula is C28H24O15. The lowest BCUT2D eigenvalue weighted by molar-refractivity contribution is -0.241. The van der Waals surface area contributed by atoms with Crippen molar-refractivity contribution in [3.8, 4) is 57.3 Å². The molecule has 1 saturated heterocycles. The molecule has 43 heavy (non-hydrogen) atoms. The number of phenols is 6. The number of aliphatic hydroxyl groups excluding tert-OH is 2. The topological polar surface area (TPSA) is 246 Å². The fraction of sp³-hybridized carbons (Fsp3) is 0.214. The number of carbonyl (C=O) groups is 1. The van der Waals surface area contributed by atoms with Gasteiger partial charge in [-0.3, -0.25) is 4.79 Å². The maximum absolute atomic E-state index is 13.7. The summed E-state index contributed by atoms with van der Waals surface area (Å²) < 4.78 is 27.5. The van der Waals surface area contributed by atoms with Crippen molar-refractivity contribution in [2.24, 2.45) is 0 Å². The quantitative estimate of drug-likeness (QED) is 0.115. The highest BCUT2D eigenvalue weighted by atomic mass is 16.7. The van der Waals surface area contributed by atoms with Crippen molar-refractivity contribution < 1.29 is 69.0 Å². The normalized spacial score (nSPS) is 20.1. The smallest absolute Gasteiger partial charge is 0.339 e. The van der Waals surface area contributed by atoms with Crippen LogP contribution in [-0.2, 0) is 9.47 Å². The number of benzene rings is 3.